The number of ether oxygens (including phenoxy) is 1. The number of rotatable bonds is 13. The number of hydrogen-bond donors (Lipinski definition) is 1. The molecule has 1 fully saturated rings. The van der Waals surface area contributed by atoms with E-state index in [-0.39, 0.29) is 36.4 Å². The van der Waals surface area contributed by atoms with Crippen molar-refractivity contribution in [2.75, 3.05) is 24.2 Å². The number of ketones is 1. The third kappa shape index (κ3) is 8.92. The summed E-state index contributed by atoms with van der Waals surface area (Å²) in [6.07, 6.45) is 6.21. The van der Waals surface area contributed by atoms with Gasteiger partial charge in [-0.25, -0.2) is 8.42 Å². The van der Waals surface area contributed by atoms with Crippen LogP contribution < -0.4 is 14.4 Å². The normalized spacial score (nSPS) is 14.3. The van der Waals surface area contributed by atoms with Crippen molar-refractivity contribution in [3.05, 3.63) is 95.6 Å². The summed E-state index contributed by atoms with van der Waals surface area (Å²) in [7, 11) is -2.39. The molecule has 0 spiro atoms. The number of nitrogens with one attached hydrogen (secondary N) is 1. The van der Waals surface area contributed by atoms with Gasteiger partial charge in [0.15, 0.2) is 5.78 Å². The van der Waals surface area contributed by atoms with Gasteiger partial charge in [0.25, 0.3) is 0 Å². The fourth-order valence-corrected chi connectivity index (χ4v) is 6.40. The van der Waals surface area contributed by atoms with Crippen molar-refractivity contribution in [2.45, 2.75) is 64.1 Å². The molecule has 4 rings (SSSR count). The number of sulfonamides is 1. The van der Waals surface area contributed by atoms with Crippen molar-refractivity contribution < 1.29 is 27.5 Å². The molecule has 234 valence electrons. The molecule has 1 aliphatic carbocycles. The summed E-state index contributed by atoms with van der Waals surface area (Å²) in [6, 6.07) is 22.0. The summed E-state index contributed by atoms with van der Waals surface area (Å²) < 4.78 is 32.5. The number of methoxy groups -OCH3 is 1. The largest absolute Gasteiger partial charge is 0.497 e. The molecule has 10 heteroatoms. The minimum absolute atomic E-state index is 0.0186. The first kappa shape index (κ1) is 32.7. The van der Waals surface area contributed by atoms with Crippen LogP contribution in [-0.2, 0) is 32.6 Å². The van der Waals surface area contributed by atoms with Crippen molar-refractivity contribution >= 4 is 33.3 Å². The lowest BCUT2D eigenvalue weighted by Gasteiger charge is -2.35. The molecule has 0 radical (unpaired) electrons. The Morgan fingerprint density at radius 2 is 1.59 bits per heavy atom. The molecule has 1 atom stereocenters. The highest BCUT2D eigenvalue weighted by molar-refractivity contribution is 7.92. The van der Waals surface area contributed by atoms with Crippen molar-refractivity contribution in [3.63, 3.8) is 0 Å². The lowest BCUT2D eigenvalue weighted by atomic mass is 9.94. The summed E-state index contributed by atoms with van der Waals surface area (Å²) in [5.74, 6) is -0.457. The molecule has 3 aromatic rings. The minimum Gasteiger partial charge on any atom is -0.497 e. The maximum absolute atomic E-state index is 14.3. The highest BCUT2D eigenvalue weighted by Crippen LogP contribution is 2.24. The highest BCUT2D eigenvalue weighted by Gasteiger charge is 2.34. The summed E-state index contributed by atoms with van der Waals surface area (Å²) in [6.45, 7) is 0.896. The topological polar surface area (TPSA) is 113 Å². The molecule has 0 unspecified atom stereocenters. The summed E-state index contributed by atoms with van der Waals surface area (Å²) in [4.78, 5) is 41.9. The van der Waals surface area contributed by atoms with Gasteiger partial charge < -0.3 is 15.0 Å². The van der Waals surface area contributed by atoms with Gasteiger partial charge in [-0.3, -0.25) is 18.7 Å². The van der Waals surface area contributed by atoms with Crippen LogP contribution in [0.5, 0.6) is 5.75 Å². The zero-order valence-corrected chi connectivity index (χ0v) is 26.4. The van der Waals surface area contributed by atoms with Crippen LogP contribution in [0.3, 0.4) is 0 Å². The third-order valence-corrected chi connectivity index (χ3v) is 9.07. The van der Waals surface area contributed by atoms with E-state index in [0.717, 1.165) is 53.8 Å². The Morgan fingerprint density at radius 3 is 2.25 bits per heavy atom. The van der Waals surface area contributed by atoms with Gasteiger partial charge in [-0.15, -0.1) is 0 Å². The van der Waals surface area contributed by atoms with E-state index in [1.165, 1.54) is 17.9 Å². The van der Waals surface area contributed by atoms with Crippen LogP contribution in [-0.4, -0.2) is 62.9 Å². The van der Waals surface area contributed by atoms with Gasteiger partial charge in [0.2, 0.25) is 21.8 Å². The SMILES string of the molecule is COc1cccc(CN(C(=O)CN(c2cccc(C(C)=O)c2)S(C)(=O)=O)[C@@H](Cc2ccccc2)C(=O)NC2CCCCC2)c1. The number of nitrogens with zero attached hydrogens (tertiary/aromatic N) is 2. The second-order valence-corrected chi connectivity index (χ2v) is 13.2. The number of carbonyl (C=O) groups is 3. The van der Waals surface area contributed by atoms with Gasteiger partial charge in [0.05, 0.1) is 19.1 Å². The fraction of sp³-hybridized carbons (Fsp3) is 0.382. The van der Waals surface area contributed by atoms with Crippen LogP contribution in [0.25, 0.3) is 0 Å². The molecule has 0 heterocycles. The van der Waals surface area contributed by atoms with E-state index in [1.54, 1.807) is 43.5 Å². The van der Waals surface area contributed by atoms with Crippen molar-refractivity contribution in [3.8, 4) is 5.75 Å². The van der Waals surface area contributed by atoms with Gasteiger partial charge in [-0.1, -0.05) is 73.9 Å². The maximum atomic E-state index is 14.3. The zero-order chi connectivity index (χ0) is 31.7. The molecule has 0 bridgehead atoms. The Balaban J connectivity index is 1.75. The van der Waals surface area contributed by atoms with Crippen LogP contribution in [0, 0.1) is 0 Å². The molecular weight excluding hydrogens is 578 g/mol. The molecule has 1 aliphatic rings. The lowest BCUT2D eigenvalue weighted by Crippen LogP contribution is -2.55. The average molecular weight is 620 g/mol. The molecule has 1 N–H and O–H groups in total. The van der Waals surface area contributed by atoms with Crippen LogP contribution in [0.4, 0.5) is 5.69 Å². The second kappa shape index (κ2) is 15.0. The molecule has 1 saturated carbocycles. The van der Waals surface area contributed by atoms with E-state index in [4.69, 9.17) is 4.74 Å². The van der Waals surface area contributed by atoms with Crippen LogP contribution in [0.2, 0.25) is 0 Å². The van der Waals surface area contributed by atoms with Gasteiger partial charge in [0.1, 0.15) is 18.3 Å². The van der Waals surface area contributed by atoms with Crippen molar-refractivity contribution in [1.82, 2.24) is 10.2 Å². The van der Waals surface area contributed by atoms with E-state index >= 15 is 0 Å². The third-order valence-electron chi connectivity index (χ3n) is 7.93. The highest BCUT2D eigenvalue weighted by atomic mass is 32.2. The molecule has 0 saturated heterocycles. The summed E-state index contributed by atoms with van der Waals surface area (Å²) in [5, 5.41) is 3.19. The predicted octanol–water partition coefficient (Wildman–Crippen LogP) is 4.75. The first-order valence-electron chi connectivity index (χ1n) is 14.9. The van der Waals surface area contributed by atoms with Gasteiger partial charge in [-0.05, 0) is 55.2 Å². The van der Waals surface area contributed by atoms with E-state index in [2.05, 4.69) is 5.32 Å². The van der Waals surface area contributed by atoms with E-state index in [9.17, 15) is 22.8 Å². The minimum atomic E-state index is -3.95. The van der Waals surface area contributed by atoms with E-state index < -0.39 is 28.5 Å². The first-order valence-corrected chi connectivity index (χ1v) is 16.8. The smallest absolute Gasteiger partial charge is 0.244 e. The molecule has 44 heavy (non-hydrogen) atoms. The monoisotopic (exact) mass is 619 g/mol. The van der Waals surface area contributed by atoms with Crippen LogP contribution >= 0.6 is 0 Å². The van der Waals surface area contributed by atoms with Gasteiger partial charge in [0, 0.05) is 24.6 Å². The number of anilines is 1. The fourth-order valence-electron chi connectivity index (χ4n) is 5.56. The predicted molar refractivity (Wildman–Crippen MR) is 171 cm³/mol. The standard InChI is InChI=1S/C34H41N3O6S/c1-25(38)28-15-11-18-30(22-28)37(44(3,41)42)24-33(39)36(23-27-14-10-19-31(20-27)43-2)32(21-26-12-6-4-7-13-26)34(40)35-29-16-8-5-9-17-29/h4,6-7,10-15,18-20,22,29,32H,5,8-9,16-17,21,23-24H2,1-3H3,(H,35,40)/t32-/m0/s1. The Hall–Kier alpha value is -4.18. The molecule has 0 aromatic heterocycles. The average Bonchev–Trinajstić information content (AvgIpc) is 3.02. The Morgan fingerprint density at radius 1 is 0.909 bits per heavy atom. The van der Waals surface area contributed by atoms with Crippen LogP contribution in [0.1, 0.15) is 60.5 Å². The zero-order valence-electron chi connectivity index (χ0n) is 25.6. The Labute approximate surface area is 260 Å². The Bertz CT molecular complexity index is 1550. The lowest BCUT2D eigenvalue weighted by molar-refractivity contribution is -0.140. The summed E-state index contributed by atoms with van der Waals surface area (Å²) in [5.41, 5.74) is 2.12. The van der Waals surface area contributed by atoms with Gasteiger partial charge in [-0.2, -0.15) is 0 Å². The molecular formula is C34H41N3O6S. The molecule has 2 amide bonds. The van der Waals surface area contributed by atoms with Crippen molar-refractivity contribution in [2.24, 2.45) is 0 Å². The first-order chi connectivity index (χ1) is 21.0. The number of Topliss-reactive ketones (excluding diaryl/α,β-unsaturated/α-hetero) is 1. The number of amides is 2. The molecule has 3 aromatic carbocycles. The van der Waals surface area contributed by atoms with Gasteiger partial charge >= 0.3 is 0 Å². The summed E-state index contributed by atoms with van der Waals surface area (Å²) >= 11 is 0. The number of carbonyl (C=O) groups excluding carboxylic acids is 3. The van der Waals surface area contributed by atoms with Crippen molar-refractivity contribution in [1.29, 1.82) is 0 Å². The van der Waals surface area contributed by atoms with Crippen LogP contribution in [0.15, 0.2) is 78.9 Å². The van der Waals surface area contributed by atoms with E-state index in [0.29, 0.717) is 11.3 Å². The number of hydrogen-bond acceptors (Lipinski definition) is 6. The second-order valence-electron chi connectivity index (χ2n) is 11.3. The number of benzene rings is 3. The maximum Gasteiger partial charge on any atom is 0.244 e. The Kier molecular flexibility index (Phi) is 11.2. The van der Waals surface area contributed by atoms with E-state index in [1.807, 2.05) is 36.4 Å². The molecule has 9 nitrogen and oxygen atoms in total. The molecule has 0 aliphatic heterocycles. The quantitative estimate of drug-likeness (QED) is 0.276.